The number of fused-ring (bicyclic) bond motifs is 1. The summed E-state index contributed by atoms with van der Waals surface area (Å²) in [5, 5.41) is 4.89. The Balaban J connectivity index is 1.33. The van der Waals surface area contributed by atoms with E-state index in [-0.39, 0.29) is 17.9 Å². The lowest BCUT2D eigenvalue weighted by Crippen LogP contribution is -2.47. The van der Waals surface area contributed by atoms with Gasteiger partial charge in [-0.25, -0.2) is 0 Å². The van der Waals surface area contributed by atoms with Crippen molar-refractivity contribution in [2.24, 2.45) is 0 Å². The molecule has 3 aromatic rings. The third kappa shape index (κ3) is 4.26. The van der Waals surface area contributed by atoms with Crippen molar-refractivity contribution in [3.8, 4) is 0 Å². The zero-order valence-corrected chi connectivity index (χ0v) is 17.3. The Morgan fingerprint density at radius 2 is 1.72 bits per heavy atom. The van der Waals surface area contributed by atoms with E-state index in [0.29, 0.717) is 48.0 Å². The number of aromatic nitrogens is 1. The van der Waals surface area contributed by atoms with Crippen LogP contribution in [0.25, 0.3) is 10.9 Å². The number of amides is 2. The molecule has 0 radical (unpaired) electrons. The number of H-pyrrole nitrogens is 1. The van der Waals surface area contributed by atoms with E-state index in [0.717, 1.165) is 16.5 Å². The third-order valence-corrected chi connectivity index (χ3v) is 5.98. The predicted molar refractivity (Wildman–Crippen MR) is 116 cm³/mol. The van der Waals surface area contributed by atoms with Crippen molar-refractivity contribution in [1.29, 1.82) is 0 Å². The van der Waals surface area contributed by atoms with Crippen molar-refractivity contribution in [2.75, 3.05) is 13.1 Å². The van der Waals surface area contributed by atoms with Gasteiger partial charge in [0.05, 0.1) is 22.0 Å². The molecule has 29 heavy (non-hydrogen) atoms. The number of carbonyl (C=O) groups is 2. The van der Waals surface area contributed by atoms with E-state index in [1.165, 1.54) is 0 Å². The fourth-order valence-corrected chi connectivity index (χ4v) is 4.38. The van der Waals surface area contributed by atoms with Gasteiger partial charge in [0, 0.05) is 36.2 Å². The first-order chi connectivity index (χ1) is 14.0. The van der Waals surface area contributed by atoms with E-state index in [1.54, 1.807) is 23.1 Å². The first-order valence-corrected chi connectivity index (χ1v) is 10.4. The molecular formula is C22H21Cl2N3O2. The Hall–Kier alpha value is -2.50. The van der Waals surface area contributed by atoms with Crippen LogP contribution < -0.4 is 5.32 Å². The minimum Gasteiger partial charge on any atom is -0.361 e. The third-order valence-electron chi connectivity index (χ3n) is 5.35. The minimum absolute atomic E-state index is 0.00585. The zero-order chi connectivity index (χ0) is 20.4. The summed E-state index contributed by atoms with van der Waals surface area (Å²) in [5.74, 6) is -0.169. The highest BCUT2D eigenvalue weighted by molar-refractivity contribution is 6.39. The summed E-state index contributed by atoms with van der Waals surface area (Å²) < 4.78 is 0. The summed E-state index contributed by atoms with van der Waals surface area (Å²) in [6.07, 6.45) is 3.62. The lowest BCUT2D eigenvalue weighted by molar-refractivity contribution is -0.121. The number of aromatic amines is 1. The zero-order valence-electron chi connectivity index (χ0n) is 15.8. The Bertz CT molecular complexity index is 1030. The van der Waals surface area contributed by atoms with Gasteiger partial charge in [-0.05, 0) is 36.6 Å². The van der Waals surface area contributed by atoms with E-state index < -0.39 is 0 Å². The molecule has 1 fully saturated rings. The highest BCUT2D eigenvalue weighted by atomic mass is 35.5. The molecule has 2 aromatic carbocycles. The minimum atomic E-state index is -0.163. The number of nitrogens with zero attached hydrogens (tertiary/aromatic N) is 1. The number of para-hydroxylation sites is 1. The Morgan fingerprint density at radius 1 is 1.03 bits per heavy atom. The molecule has 2 amide bonds. The molecule has 4 rings (SSSR count). The lowest BCUT2D eigenvalue weighted by Gasteiger charge is -2.32. The Morgan fingerprint density at radius 3 is 2.45 bits per heavy atom. The van der Waals surface area contributed by atoms with Crippen LogP contribution >= 0.6 is 23.2 Å². The molecule has 1 aliphatic heterocycles. The molecule has 2 N–H and O–H groups in total. The molecule has 1 aliphatic rings. The molecule has 1 saturated heterocycles. The summed E-state index contributed by atoms with van der Waals surface area (Å²) in [6.45, 7) is 1.11. The van der Waals surface area contributed by atoms with Crippen molar-refractivity contribution in [2.45, 2.75) is 25.3 Å². The first kappa shape index (κ1) is 19.8. The molecule has 0 aliphatic carbocycles. The van der Waals surface area contributed by atoms with Crippen molar-refractivity contribution >= 4 is 45.9 Å². The predicted octanol–water partition coefficient (Wildman–Crippen LogP) is 4.44. The van der Waals surface area contributed by atoms with Crippen LogP contribution in [0.3, 0.4) is 0 Å². The van der Waals surface area contributed by atoms with Crippen molar-refractivity contribution in [3.05, 3.63) is 69.8 Å². The summed E-state index contributed by atoms with van der Waals surface area (Å²) >= 11 is 12.3. The maximum absolute atomic E-state index is 12.8. The quantitative estimate of drug-likeness (QED) is 0.643. The summed E-state index contributed by atoms with van der Waals surface area (Å²) in [4.78, 5) is 30.2. The number of benzene rings is 2. The molecule has 0 bridgehead atoms. The number of halogens is 2. The van der Waals surface area contributed by atoms with Crippen LogP contribution in [0.5, 0.6) is 0 Å². The van der Waals surface area contributed by atoms with E-state index >= 15 is 0 Å². The van der Waals surface area contributed by atoms with Crippen LogP contribution in [0.1, 0.15) is 28.8 Å². The van der Waals surface area contributed by atoms with Crippen LogP contribution in [0, 0.1) is 0 Å². The van der Waals surface area contributed by atoms with Gasteiger partial charge >= 0.3 is 0 Å². The lowest BCUT2D eigenvalue weighted by atomic mass is 10.0. The van der Waals surface area contributed by atoms with E-state index in [1.807, 2.05) is 30.5 Å². The van der Waals surface area contributed by atoms with E-state index in [4.69, 9.17) is 23.2 Å². The summed E-state index contributed by atoms with van der Waals surface area (Å²) in [5.41, 5.74) is 2.36. The van der Waals surface area contributed by atoms with Crippen molar-refractivity contribution in [1.82, 2.24) is 15.2 Å². The van der Waals surface area contributed by atoms with Crippen molar-refractivity contribution in [3.63, 3.8) is 0 Å². The maximum Gasteiger partial charge on any atom is 0.256 e. The maximum atomic E-state index is 12.8. The molecule has 1 aromatic heterocycles. The highest BCUT2D eigenvalue weighted by Crippen LogP contribution is 2.27. The van der Waals surface area contributed by atoms with Crippen LogP contribution in [-0.2, 0) is 11.2 Å². The molecule has 150 valence electrons. The monoisotopic (exact) mass is 429 g/mol. The molecule has 7 heteroatoms. The molecule has 0 unspecified atom stereocenters. The number of hydrogen-bond acceptors (Lipinski definition) is 2. The number of piperidine rings is 1. The number of likely N-dealkylation sites (tertiary alicyclic amines) is 1. The molecule has 5 nitrogen and oxygen atoms in total. The number of nitrogens with one attached hydrogen (secondary N) is 2. The largest absolute Gasteiger partial charge is 0.361 e. The molecule has 2 heterocycles. The standard InChI is InChI=1S/C22H21Cl2N3O2/c23-17-5-3-6-18(24)21(17)22(29)27-10-8-15(9-11-27)26-20(28)12-14-13-25-19-7-2-1-4-16(14)19/h1-7,13,15,25H,8-12H2,(H,26,28). The van der Waals surface area contributed by atoms with Gasteiger partial charge in [0.15, 0.2) is 0 Å². The fourth-order valence-electron chi connectivity index (χ4n) is 3.82. The van der Waals surface area contributed by atoms with Crippen LogP contribution in [0.15, 0.2) is 48.7 Å². The van der Waals surface area contributed by atoms with Gasteiger partial charge in [-0.3, -0.25) is 9.59 Å². The van der Waals surface area contributed by atoms with Crippen LogP contribution in [-0.4, -0.2) is 40.8 Å². The van der Waals surface area contributed by atoms with Gasteiger partial charge in [-0.15, -0.1) is 0 Å². The molecule has 0 saturated carbocycles. The molecule has 0 spiro atoms. The second kappa shape index (κ2) is 8.47. The van der Waals surface area contributed by atoms with E-state index in [9.17, 15) is 9.59 Å². The second-order valence-corrected chi connectivity index (χ2v) is 8.08. The summed E-state index contributed by atoms with van der Waals surface area (Å²) in [6, 6.07) is 13.0. The van der Waals surface area contributed by atoms with Crippen LogP contribution in [0.2, 0.25) is 10.0 Å². The highest BCUT2D eigenvalue weighted by Gasteiger charge is 2.27. The van der Waals surface area contributed by atoms with Gasteiger partial charge < -0.3 is 15.2 Å². The smallest absolute Gasteiger partial charge is 0.256 e. The Labute approximate surface area is 179 Å². The second-order valence-electron chi connectivity index (χ2n) is 7.27. The topological polar surface area (TPSA) is 65.2 Å². The summed E-state index contributed by atoms with van der Waals surface area (Å²) in [7, 11) is 0. The van der Waals surface area contributed by atoms with Gasteiger partial charge in [-0.2, -0.15) is 0 Å². The Kier molecular flexibility index (Phi) is 5.79. The van der Waals surface area contributed by atoms with Crippen LogP contribution in [0.4, 0.5) is 0 Å². The average molecular weight is 430 g/mol. The SMILES string of the molecule is O=C(Cc1c[nH]c2ccccc12)NC1CCN(C(=O)c2c(Cl)cccc2Cl)CC1. The number of hydrogen-bond donors (Lipinski definition) is 2. The molecule has 0 atom stereocenters. The molecular weight excluding hydrogens is 409 g/mol. The normalized spacial score (nSPS) is 14.9. The average Bonchev–Trinajstić information content (AvgIpc) is 3.11. The van der Waals surface area contributed by atoms with Crippen molar-refractivity contribution < 1.29 is 9.59 Å². The van der Waals surface area contributed by atoms with Gasteiger partial charge in [0.25, 0.3) is 5.91 Å². The van der Waals surface area contributed by atoms with E-state index in [2.05, 4.69) is 10.3 Å². The number of carbonyl (C=O) groups excluding carboxylic acids is 2. The first-order valence-electron chi connectivity index (χ1n) is 9.60. The van der Waals surface area contributed by atoms with Gasteiger partial charge in [0.1, 0.15) is 0 Å². The van der Waals surface area contributed by atoms with Gasteiger partial charge in [-0.1, -0.05) is 47.5 Å². The fraction of sp³-hybridized carbons (Fsp3) is 0.273. The number of rotatable bonds is 4. The van der Waals surface area contributed by atoms with Gasteiger partial charge in [0.2, 0.25) is 5.91 Å².